The Balaban J connectivity index is 1.72. The van der Waals surface area contributed by atoms with E-state index in [1.54, 1.807) is 30.7 Å². The molecule has 0 saturated heterocycles. The Morgan fingerprint density at radius 2 is 1.93 bits per heavy atom. The smallest absolute Gasteiger partial charge is 0.175 e. The molecule has 2 aromatic carbocycles. The molecule has 0 aliphatic heterocycles. The predicted octanol–water partition coefficient (Wildman–Crippen LogP) is 4.51. The van der Waals surface area contributed by atoms with Crippen molar-refractivity contribution in [1.29, 1.82) is 0 Å². The average molecular weight is 423 g/mol. The van der Waals surface area contributed by atoms with Crippen LogP contribution in [-0.4, -0.2) is 24.2 Å². The van der Waals surface area contributed by atoms with E-state index in [9.17, 15) is 8.42 Å². The summed E-state index contributed by atoms with van der Waals surface area (Å²) < 4.78 is 31.5. The highest BCUT2D eigenvalue weighted by Crippen LogP contribution is 2.46. The van der Waals surface area contributed by atoms with Crippen LogP contribution in [0.25, 0.3) is 0 Å². The second-order valence-corrected chi connectivity index (χ2v) is 9.38. The molecule has 0 radical (unpaired) electrons. The van der Waals surface area contributed by atoms with Crippen molar-refractivity contribution in [1.82, 2.24) is 9.55 Å². The third-order valence-corrected chi connectivity index (χ3v) is 6.37. The van der Waals surface area contributed by atoms with Gasteiger partial charge in [0.1, 0.15) is 11.9 Å². The van der Waals surface area contributed by atoms with E-state index in [2.05, 4.69) is 4.98 Å². The number of ether oxygens (including phenoxy) is 1. The summed E-state index contributed by atoms with van der Waals surface area (Å²) in [5.41, 5.74) is 1.93. The third-order valence-electron chi connectivity index (χ3n) is 4.69. The van der Waals surface area contributed by atoms with Crippen molar-refractivity contribution in [3.63, 3.8) is 0 Å². The van der Waals surface area contributed by atoms with Crippen LogP contribution in [-0.2, 0) is 16.3 Å². The highest BCUT2D eigenvalue weighted by molar-refractivity contribution is 7.90. The second-order valence-electron chi connectivity index (χ2n) is 6.52. The standard InChI is InChI=1S/C19H16Cl2N2O3S/c1-27(24,25)14-4-2-13(3-5-14)26-19-16-8-12(20)9-17(21)15(16)10-18(19)23-7-6-22-11-23/h2-9,11,18-19H,10H2,1H3/t18-,19-/m1/s1. The summed E-state index contributed by atoms with van der Waals surface area (Å²) in [6, 6.07) is 9.96. The van der Waals surface area contributed by atoms with Gasteiger partial charge >= 0.3 is 0 Å². The zero-order valence-electron chi connectivity index (χ0n) is 14.3. The summed E-state index contributed by atoms with van der Waals surface area (Å²) in [5, 5.41) is 1.16. The lowest BCUT2D eigenvalue weighted by molar-refractivity contribution is 0.153. The Kier molecular flexibility index (Phi) is 4.66. The SMILES string of the molecule is CS(=O)(=O)c1ccc(O[C@@H]2c3cc(Cl)cc(Cl)c3C[C@H]2n2ccnc2)cc1. The normalized spacial score (nSPS) is 19.1. The van der Waals surface area contributed by atoms with Crippen molar-refractivity contribution in [2.45, 2.75) is 23.5 Å². The number of nitrogens with zero attached hydrogens (tertiary/aromatic N) is 2. The fourth-order valence-electron chi connectivity index (χ4n) is 3.40. The molecular weight excluding hydrogens is 407 g/mol. The van der Waals surface area contributed by atoms with Gasteiger partial charge in [0.2, 0.25) is 0 Å². The molecular formula is C19H16Cl2N2O3S. The molecule has 0 bridgehead atoms. The van der Waals surface area contributed by atoms with E-state index in [1.807, 2.05) is 16.8 Å². The van der Waals surface area contributed by atoms with E-state index in [4.69, 9.17) is 27.9 Å². The number of aromatic nitrogens is 2. The number of imidazole rings is 1. The third kappa shape index (κ3) is 3.57. The summed E-state index contributed by atoms with van der Waals surface area (Å²) in [4.78, 5) is 4.38. The van der Waals surface area contributed by atoms with Gasteiger partial charge in [0.05, 0.1) is 17.3 Å². The largest absolute Gasteiger partial charge is 0.484 e. The fourth-order valence-corrected chi connectivity index (χ4v) is 4.61. The first-order valence-corrected chi connectivity index (χ1v) is 10.9. The molecule has 27 heavy (non-hydrogen) atoms. The lowest BCUT2D eigenvalue weighted by Gasteiger charge is -2.23. The predicted molar refractivity (Wildman–Crippen MR) is 104 cm³/mol. The van der Waals surface area contributed by atoms with Crippen LogP contribution >= 0.6 is 23.2 Å². The monoisotopic (exact) mass is 422 g/mol. The Morgan fingerprint density at radius 3 is 2.56 bits per heavy atom. The van der Waals surface area contributed by atoms with Gasteiger partial charge in [0.25, 0.3) is 0 Å². The molecule has 0 spiro atoms. The van der Waals surface area contributed by atoms with Gasteiger partial charge in [0, 0.05) is 34.3 Å². The van der Waals surface area contributed by atoms with Crippen LogP contribution in [0.5, 0.6) is 5.75 Å². The Labute approximate surface area is 167 Å². The van der Waals surface area contributed by atoms with E-state index in [0.717, 1.165) is 11.1 Å². The van der Waals surface area contributed by atoms with Gasteiger partial charge in [-0.1, -0.05) is 23.2 Å². The molecule has 0 N–H and O–H groups in total. The molecule has 8 heteroatoms. The number of fused-ring (bicyclic) bond motifs is 1. The quantitative estimate of drug-likeness (QED) is 0.620. The first kappa shape index (κ1) is 18.3. The number of rotatable bonds is 4. The number of sulfone groups is 1. The fraction of sp³-hybridized carbons (Fsp3) is 0.211. The van der Waals surface area contributed by atoms with E-state index in [1.165, 1.54) is 18.4 Å². The molecule has 1 aliphatic rings. The van der Waals surface area contributed by atoms with Crippen LogP contribution < -0.4 is 4.74 Å². The molecule has 2 atom stereocenters. The molecule has 140 valence electrons. The van der Waals surface area contributed by atoms with Gasteiger partial charge < -0.3 is 9.30 Å². The summed E-state index contributed by atoms with van der Waals surface area (Å²) in [5.74, 6) is 0.571. The number of benzene rings is 2. The Bertz CT molecular complexity index is 1080. The van der Waals surface area contributed by atoms with E-state index in [-0.39, 0.29) is 17.0 Å². The molecule has 0 unspecified atom stereocenters. The van der Waals surface area contributed by atoms with Gasteiger partial charge in [-0.2, -0.15) is 0 Å². The second kappa shape index (κ2) is 6.86. The molecule has 1 aromatic heterocycles. The maximum Gasteiger partial charge on any atom is 0.175 e. The van der Waals surface area contributed by atoms with Gasteiger partial charge in [-0.05, 0) is 48.4 Å². The maximum absolute atomic E-state index is 11.7. The average Bonchev–Trinajstić information content (AvgIpc) is 3.23. The van der Waals surface area contributed by atoms with Crippen LogP contribution in [0.2, 0.25) is 10.0 Å². The summed E-state index contributed by atoms with van der Waals surface area (Å²) >= 11 is 12.6. The molecule has 1 aliphatic carbocycles. The van der Waals surface area contributed by atoms with Crippen LogP contribution in [0.1, 0.15) is 23.3 Å². The molecule has 5 nitrogen and oxygen atoms in total. The molecule has 3 aromatic rings. The minimum Gasteiger partial charge on any atom is -0.484 e. The first-order chi connectivity index (χ1) is 12.8. The van der Waals surface area contributed by atoms with Gasteiger partial charge in [0.15, 0.2) is 9.84 Å². The van der Waals surface area contributed by atoms with Crippen molar-refractivity contribution in [2.75, 3.05) is 6.26 Å². The summed E-state index contributed by atoms with van der Waals surface area (Å²) in [6.45, 7) is 0. The van der Waals surface area contributed by atoms with Crippen molar-refractivity contribution >= 4 is 33.0 Å². The number of hydrogen-bond donors (Lipinski definition) is 0. The van der Waals surface area contributed by atoms with Crippen LogP contribution in [0.4, 0.5) is 0 Å². The lowest BCUT2D eigenvalue weighted by atomic mass is 10.1. The van der Waals surface area contributed by atoms with Crippen LogP contribution in [0.3, 0.4) is 0 Å². The Morgan fingerprint density at radius 1 is 1.19 bits per heavy atom. The topological polar surface area (TPSA) is 61.2 Å². The van der Waals surface area contributed by atoms with Crippen LogP contribution in [0.15, 0.2) is 60.0 Å². The van der Waals surface area contributed by atoms with Gasteiger partial charge in [-0.15, -0.1) is 0 Å². The van der Waals surface area contributed by atoms with Crippen LogP contribution in [0, 0.1) is 0 Å². The zero-order chi connectivity index (χ0) is 19.2. The molecule has 0 fully saturated rings. The highest BCUT2D eigenvalue weighted by atomic mass is 35.5. The molecule has 4 rings (SSSR count). The van der Waals surface area contributed by atoms with E-state index < -0.39 is 9.84 Å². The summed E-state index contributed by atoms with van der Waals surface area (Å²) in [7, 11) is -3.26. The minimum atomic E-state index is -3.26. The first-order valence-electron chi connectivity index (χ1n) is 8.25. The Hall–Kier alpha value is -2.02. The van der Waals surface area contributed by atoms with Gasteiger partial charge in [-0.25, -0.2) is 13.4 Å². The molecule has 0 amide bonds. The highest BCUT2D eigenvalue weighted by Gasteiger charge is 2.37. The summed E-state index contributed by atoms with van der Waals surface area (Å²) in [6.07, 6.45) is 6.89. The van der Waals surface area contributed by atoms with Crippen molar-refractivity contribution in [3.05, 3.63) is 76.3 Å². The molecule has 0 saturated carbocycles. The van der Waals surface area contributed by atoms with Crippen molar-refractivity contribution < 1.29 is 13.2 Å². The van der Waals surface area contributed by atoms with Crippen molar-refractivity contribution in [3.8, 4) is 5.75 Å². The number of hydrogen-bond acceptors (Lipinski definition) is 4. The zero-order valence-corrected chi connectivity index (χ0v) is 16.7. The van der Waals surface area contributed by atoms with E-state index in [0.29, 0.717) is 22.2 Å². The van der Waals surface area contributed by atoms with Crippen molar-refractivity contribution in [2.24, 2.45) is 0 Å². The lowest BCUT2D eigenvalue weighted by Crippen LogP contribution is -2.18. The minimum absolute atomic E-state index is 0.0342. The van der Waals surface area contributed by atoms with E-state index >= 15 is 0 Å². The number of halogens is 2. The maximum atomic E-state index is 11.7. The van der Waals surface area contributed by atoms with Gasteiger partial charge in [-0.3, -0.25) is 0 Å². The molecule has 1 heterocycles.